The van der Waals surface area contributed by atoms with E-state index >= 15 is 0 Å². The maximum Gasteiger partial charge on any atom is 0.241 e. The van der Waals surface area contributed by atoms with Crippen molar-refractivity contribution in [2.45, 2.75) is 32.5 Å². The summed E-state index contributed by atoms with van der Waals surface area (Å²) in [6.07, 6.45) is 0.209. The maximum atomic E-state index is 12.9. The van der Waals surface area contributed by atoms with Gasteiger partial charge in [-0.25, -0.2) is 4.39 Å². The van der Waals surface area contributed by atoms with Gasteiger partial charge in [-0.05, 0) is 38.1 Å². The summed E-state index contributed by atoms with van der Waals surface area (Å²) < 4.78 is 23.8. The number of ether oxygens (including phenoxy) is 1. The minimum atomic E-state index is -0.279. The van der Waals surface area contributed by atoms with Gasteiger partial charge in [0, 0.05) is 18.2 Å². The molecule has 2 heterocycles. The molecule has 112 valence electrons. The number of nitrogens with zero attached hydrogens (tertiary/aromatic N) is 3. The van der Waals surface area contributed by atoms with E-state index in [0.717, 1.165) is 12.1 Å². The zero-order valence-corrected chi connectivity index (χ0v) is 12.1. The number of hydrogen-bond donors (Lipinski definition) is 0. The summed E-state index contributed by atoms with van der Waals surface area (Å²) in [5, 5.41) is 3.96. The van der Waals surface area contributed by atoms with Gasteiger partial charge >= 0.3 is 0 Å². The molecule has 1 aromatic heterocycles. The summed E-state index contributed by atoms with van der Waals surface area (Å²) in [6.45, 7) is 6.32. The molecule has 0 amide bonds. The summed E-state index contributed by atoms with van der Waals surface area (Å²) in [5.41, 5.74) is 0.745. The molecule has 1 saturated heterocycles. The predicted octanol–water partition coefficient (Wildman–Crippen LogP) is 2.48. The standard InChI is InChI=1S/C15H18FN3O2/c1-10-9-20-11(2)7-19(10)8-14-17-15(18-21-14)12-3-5-13(16)6-4-12/h3-6,10-11H,7-9H2,1-2H3/t10-,11-/m0/s1. The molecule has 1 aliphatic rings. The molecule has 21 heavy (non-hydrogen) atoms. The lowest BCUT2D eigenvalue weighted by atomic mass is 10.2. The van der Waals surface area contributed by atoms with E-state index in [2.05, 4.69) is 28.9 Å². The van der Waals surface area contributed by atoms with Gasteiger partial charge in [-0.15, -0.1) is 0 Å². The fourth-order valence-electron chi connectivity index (χ4n) is 2.40. The van der Waals surface area contributed by atoms with Gasteiger partial charge in [0.1, 0.15) is 5.82 Å². The first-order valence-corrected chi connectivity index (χ1v) is 7.06. The van der Waals surface area contributed by atoms with Gasteiger partial charge in [0.25, 0.3) is 0 Å². The zero-order valence-electron chi connectivity index (χ0n) is 12.1. The van der Waals surface area contributed by atoms with Crippen molar-refractivity contribution in [3.63, 3.8) is 0 Å². The van der Waals surface area contributed by atoms with Crippen LogP contribution in [0.1, 0.15) is 19.7 Å². The first kappa shape index (κ1) is 14.2. The van der Waals surface area contributed by atoms with Crippen LogP contribution in [0.3, 0.4) is 0 Å². The minimum Gasteiger partial charge on any atom is -0.376 e. The van der Waals surface area contributed by atoms with Gasteiger partial charge in [0.2, 0.25) is 11.7 Å². The van der Waals surface area contributed by atoms with Crippen molar-refractivity contribution in [3.8, 4) is 11.4 Å². The Morgan fingerprint density at radius 1 is 1.29 bits per heavy atom. The first-order valence-electron chi connectivity index (χ1n) is 7.06. The summed E-state index contributed by atoms with van der Waals surface area (Å²) in [7, 11) is 0. The molecule has 1 aliphatic heterocycles. The Labute approximate surface area is 122 Å². The van der Waals surface area contributed by atoms with Crippen LogP contribution in [-0.4, -0.2) is 40.3 Å². The average molecular weight is 291 g/mol. The third kappa shape index (κ3) is 3.28. The summed E-state index contributed by atoms with van der Waals surface area (Å²) in [4.78, 5) is 6.64. The number of rotatable bonds is 3. The molecule has 0 radical (unpaired) electrons. The summed E-state index contributed by atoms with van der Waals surface area (Å²) >= 11 is 0. The van der Waals surface area contributed by atoms with Crippen LogP contribution in [0.4, 0.5) is 4.39 Å². The largest absolute Gasteiger partial charge is 0.376 e. The fraction of sp³-hybridized carbons (Fsp3) is 0.467. The van der Waals surface area contributed by atoms with E-state index in [-0.39, 0.29) is 11.9 Å². The number of morpholine rings is 1. The number of halogens is 1. The molecule has 0 unspecified atom stereocenters. The highest BCUT2D eigenvalue weighted by Gasteiger charge is 2.25. The highest BCUT2D eigenvalue weighted by Crippen LogP contribution is 2.19. The van der Waals surface area contributed by atoms with E-state index in [9.17, 15) is 4.39 Å². The van der Waals surface area contributed by atoms with E-state index in [1.165, 1.54) is 12.1 Å². The van der Waals surface area contributed by atoms with Gasteiger partial charge < -0.3 is 9.26 Å². The molecule has 3 rings (SSSR count). The molecular weight excluding hydrogens is 273 g/mol. The first-order chi connectivity index (χ1) is 10.1. The highest BCUT2D eigenvalue weighted by atomic mass is 19.1. The molecule has 5 nitrogen and oxygen atoms in total. The van der Waals surface area contributed by atoms with E-state index in [1.54, 1.807) is 12.1 Å². The van der Waals surface area contributed by atoms with Crippen LogP contribution in [0.2, 0.25) is 0 Å². The molecule has 6 heteroatoms. The second-order valence-electron chi connectivity index (χ2n) is 5.44. The third-order valence-electron chi connectivity index (χ3n) is 3.65. The molecule has 2 aromatic rings. The van der Waals surface area contributed by atoms with Gasteiger partial charge in [-0.2, -0.15) is 4.98 Å². The van der Waals surface area contributed by atoms with Crippen LogP contribution in [0.5, 0.6) is 0 Å². The molecule has 0 N–H and O–H groups in total. The van der Waals surface area contributed by atoms with Crippen molar-refractivity contribution in [3.05, 3.63) is 36.0 Å². The SMILES string of the molecule is C[C@H]1CN(Cc2nc(-c3ccc(F)cc3)no2)[C@@H](C)CO1. The number of aromatic nitrogens is 2. The normalized spacial score (nSPS) is 23.4. The Bertz CT molecular complexity index is 599. The van der Waals surface area contributed by atoms with Crippen molar-refractivity contribution in [2.75, 3.05) is 13.2 Å². The van der Waals surface area contributed by atoms with Crippen molar-refractivity contribution in [1.29, 1.82) is 0 Å². The maximum absolute atomic E-state index is 12.9. The van der Waals surface area contributed by atoms with Crippen molar-refractivity contribution >= 4 is 0 Å². The molecule has 0 saturated carbocycles. The molecule has 2 atom stereocenters. The zero-order chi connectivity index (χ0) is 14.8. The molecule has 0 spiro atoms. The Balaban J connectivity index is 1.71. The van der Waals surface area contributed by atoms with Gasteiger partial charge in [0.15, 0.2) is 0 Å². The number of benzene rings is 1. The summed E-state index contributed by atoms with van der Waals surface area (Å²) in [5.74, 6) is 0.771. The lowest BCUT2D eigenvalue weighted by Crippen LogP contribution is -2.46. The molecular formula is C15H18FN3O2. The monoisotopic (exact) mass is 291 g/mol. The molecule has 1 fully saturated rings. The second kappa shape index (κ2) is 5.91. The number of hydrogen-bond acceptors (Lipinski definition) is 5. The quantitative estimate of drug-likeness (QED) is 0.869. The lowest BCUT2D eigenvalue weighted by molar-refractivity contribution is -0.0555. The topological polar surface area (TPSA) is 51.4 Å². The molecule has 1 aromatic carbocycles. The van der Waals surface area contributed by atoms with Crippen LogP contribution in [0.25, 0.3) is 11.4 Å². The third-order valence-corrected chi connectivity index (χ3v) is 3.65. The Morgan fingerprint density at radius 2 is 2.05 bits per heavy atom. The van der Waals surface area contributed by atoms with Crippen molar-refractivity contribution in [2.24, 2.45) is 0 Å². The van der Waals surface area contributed by atoms with Crippen LogP contribution in [0, 0.1) is 5.82 Å². The van der Waals surface area contributed by atoms with E-state index in [4.69, 9.17) is 9.26 Å². The van der Waals surface area contributed by atoms with Gasteiger partial charge in [0.05, 0.1) is 19.3 Å². The van der Waals surface area contributed by atoms with E-state index in [0.29, 0.717) is 30.9 Å². The smallest absolute Gasteiger partial charge is 0.241 e. The van der Waals surface area contributed by atoms with Crippen LogP contribution in [0.15, 0.2) is 28.8 Å². The van der Waals surface area contributed by atoms with Crippen LogP contribution in [-0.2, 0) is 11.3 Å². The van der Waals surface area contributed by atoms with Crippen LogP contribution >= 0.6 is 0 Å². The minimum absolute atomic E-state index is 0.209. The highest BCUT2D eigenvalue weighted by molar-refractivity contribution is 5.53. The second-order valence-corrected chi connectivity index (χ2v) is 5.44. The van der Waals surface area contributed by atoms with E-state index < -0.39 is 0 Å². The average Bonchev–Trinajstić information content (AvgIpc) is 2.92. The Kier molecular flexibility index (Phi) is 3.98. The van der Waals surface area contributed by atoms with Gasteiger partial charge in [-0.3, -0.25) is 4.90 Å². The van der Waals surface area contributed by atoms with Crippen molar-refractivity contribution in [1.82, 2.24) is 15.0 Å². The molecule has 0 aliphatic carbocycles. The fourth-order valence-corrected chi connectivity index (χ4v) is 2.40. The van der Waals surface area contributed by atoms with Crippen molar-refractivity contribution < 1.29 is 13.7 Å². The Hall–Kier alpha value is -1.79. The lowest BCUT2D eigenvalue weighted by Gasteiger charge is -2.35. The summed E-state index contributed by atoms with van der Waals surface area (Å²) in [6, 6.07) is 6.38. The van der Waals surface area contributed by atoms with E-state index in [1.807, 2.05) is 0 Å². The predicted molar refractivity (Wildman–Crippen MR) is 75.0 cm³/mol. The van der Waals surface area contributed by atoms with Gasteiger partial charge in [-0.1, -0.05) is 5.16 Å². The Morgan fingerprint density at radius 3 is 2.81 bits per heavy atom. The molecule has 0 bridgehead atoms. The van der Waals surface area contributed by atoms with Crippen LogP contribution < -0.4 is 0 Å².